The van der Waals surface area contributed by atoms with E-state index in [1.54, 1.807) is 57.0 Å². The molecular weight excluding hydrogens is 526 g/mol. The van der Waals surface area contributed by atoms with Crippen LogP contribution in [0.4, 0.5) is 10.5 Å². The van der Waals surface area contributed by atoms with Gasteiger partial charge in [0.25, 0.3) is 5.91 Å². The van der Waals surface area contributed by atoms with E-state index in [4.69, 9.17) is 9.47 Å². The van der Waals surface area contributed by atoms with Gasteiger partial charge in [0.05, 0.1) is 7.11 Å². The topological polar surface area (TPSA) is 97.0 Å². The molecule has 2 aromatic carbocycles. The van der Waals surface area contributed by atoms with Gasteiger partial charge in [0, 0.05) is 18.0 Å². The number of amides is 3. The standard InChI is InChI=1S/C31H45N3O5S/c1-8-9-10-11-18-34(29(36)26(20-40)33-30(37)39-31(4,5)6)27(25-17-12-21(2)19-22(25)3)28(35)32-23-13-15-24(38-7)16-14-23/h12-17,19,26-27,40H,8-11,18,20H2,1-7H3,(H,32,35)(H,33,37). The van der Waals surface area contributed by atoms with Crippen molar-refractivity contribution in [1.82, 2.24) is 10.2 Å². The highest BCUT2D eigenvalue weighted by Gasteiger charge is 2.36. The van der Waals surface area contributed by atoms with E-state index in [0.717, 1.165) is 36.0 Å². The number of ether oxygens (including phenoxy) is 2. The van der Waals surface area contributed by atoms with E-state index in [9.17, 15) is 14.4 Å². The molecule has 0 radical (unpaired) electrons. The maximum atomic E-state index is 14.1. The van der Waals surface area contributed by atoms with Gasteiger partial charge in [-0.05, 0) is 76.4 Å². The highest BCUT2D eigenvalue weighted by atomic mass is 32.1. The number of aryl methyl sites for hydroxylation is 2. The molecule has 2 aromatic rings. The van der Waals surface area contributed by atoms with Gasteiger partial charge in [0.1, 0.15) is 23.4 Å². The van der Waals surface area contributed by atoms with Crippen LogP contribution in [0.3, 0.4) is 0 Å². The van der Waals surface area contributed by atoms with Crippen molar-refractivity contribution in [2.24, 2.45) is 0 Å². The van der Waals surface area contributed by atoms with Crippen molar-refractivity contribution < 1.29 is 23.9 Å². The highest BCUT2D eigenvalue weighted by Crippen LogP contribution is 2.29. The second-order valence-electron chi connectivity index (χ2n) is 11.0. The summed E-state index contributed by atoms with van der Waals surface area (Å²) in [6.45, 7) is 11.6. The summed E-state index contributed by atoms with van der Waals surface area (Å²) in [4.78, 5) is 42.2. The van der Waals surface area contributed by atoms with Crippen molar-refractivity contribution in [2.75, 3.05) is 24.7 Å². The molecule has 0 aliphatic rings. The lowest BCUT2D eigenvalue weighted by atomic mass is 9.96. The van der Waals surface area contributed by atoms with Gasteiger partial charge in [-0.1, -0.05) is 49.9 Å². The zero-order valence-electron chi connectivity index (χ0n) is 24.9. The Hall–Kier alpha value is -3.20. The van der Waals surface area contributed by atoms with E-state index in [0.29, 0.717) is 24.4 Å². The first-order chi connectivity index (χ1) is 18.9. The Morgan fingerprint density at radius 2 is 1.68 bits per heavy atom. The van der Waals surface area contributed by atoms with Crippen LogP contribution in [-0.2, 0) is 14.3 Å². The molecule has 0 heterocycles. The molecule has 0 fully saturated rings. The lowest BCUT2D eigenvalue weighted by molar-refractivity contribution is -0.140. The number of benzene rings is 2. The van der Waals surface area contributed by atoms with Gasteiger partial charge in [-0.2, -0.15) is 12.6 Å². The third kappa shape index (κ3) is 10.1. The molecule has 0 saturated carbocycles. The fourth-order valence-electron chi connectivity index (χ4n) is 4.38. The highest BCUT2D eigenvalue weighted by molar-refractivity contribution is 7.80. The molecule has 2 unspecified atom stereocenters. The fourth-order valence-corrected chi connectivity index (χ4v) is 4.63. The number of methoxy groups -OCH3 is 1. The summed E-state index contributed by atoms with van der Waals surface area (Å²) in [5, 5.41) is 5.64. The van der Waals surface area contributed by atoms with Crippen LogP contribution in [0.2, 0.25) is 0 Å². The van der Waals surface area contributed by atoms with Crippen LogP contribution in [0.1, 0.15) is 76.1 Å². The Kier molecular flexibility index (Phi) is 12.8. The average Bonchev–Trinajstić information content (AvgIpc) is 2.89. The summed E-state index contributed by atoms with van der Waals surface area (Å²) in [5.74, 6) is -0.0340. The third-order valence-electron chi connectivity index (χ3n) is 6.34. The van der Waals surface area contributed by atoms with Gasteiger partial charge in [0.2, 0.25) is 5.91 Å². The fraction of sp³-hybridized carbons (Fsp3) is 0.516. The molecule has 0 aromatic heterocycles. The van der Waals surface area contributed by atoms with E-state index < -0.39 is 29.7 Å². The normalized spacial score (nSPS) is 12.7. The minimum atomic E-state index is -0.980. The van der Waals surface area contributed by atoms with Crippen LogP contribution >= 0.6 is 12.6 Å². The first-order valence-electron chi connectivity index (χ1n) is 13.8. The van der Waals surface area contributed by atoms with E-state index in [2.05, 4.69) is 30.2 Å². The minimum absolute atomic E-state index is 0.0449. The zero-order chi connectivity index (χ0) is 29.9. The number of hydrogen-bond donors (Lipinski definition) is 3. The van der Waals surface area contributed by atoms with Crippen molar-refractivity contribution >= 4 is 36.2 Å². The number of carbonyl (C=O) groups is 3. The van der Waals surface area contributed by atoms with Crippen LogP contribution in [0.5, 0.6) is 5.75 Å². The molecule has 2 atom stereocenters. The lowest BCUT2D eigenvalue weighted by Crippen LogP contribution is -2.53. The minimum Gasteiger partial charge on any atom is -0.497 e. The number of alkyl carbamates (subject to hydrolysis) is 1. The monoisotopic (exact) mass is 571 g/mol. The number of anilines is 1. The van der Waals surface area contributed by atoms with Gasteiger partial charge < -0.3 is 25.0 Å². The molecular formula is C31H45N3O5S. The second kappa shape index (κ2) is 15.6. The lowest BCUT2D eigenvalue weighted by Gasteiger charge is -2.35. The SMILES string of the molecule is CCCCCCN(C(=O)C(CS)NC(=O)OC(C)(C)C)C(C(=O)Nc1ccc(OC)cc1)c1ccc(C)cc1C. The van der Waals surface area contributed by atoms with Crippen molar-refractivity contribution in [2.45, 2.75) is 84.9 Å². The van der Waals surface area contributed by atoms with Crippen LogP contribution in [0, 0.1) is 13.8 Å². The number of nitrogens with zero attached hydrogens (tertiary/aromatic N) is 1. The van der Waals surface area contributed by atoms with Crippen molar-refractivity contribution in [3.8, 4) is 5.75 Å². The number of thiol groups is 1. The second-order valence-corrected chi connectivity index (χ2v) is 11.3. The number of rotatable bonds is 13. The Morgan fingerprint density at radius 1 is 1.00 bits per heavy atom. The van der Waals surface area contributed by atoms with Crippen LogP contribution in [0.25, 0.3) is 0 Å². The molecule has 2 rings (SSSR count). The molecule has 0 spiro atoms. The first kappa shape index (κ1) is 33.0. The Labute approximate surface area is 244 Å². The molecule has 0 bridgehead atoms. The van der Waals surface area contributed by atoms with Gasteiger partial charge in [-0.3, -0.25) is 9.59 Å². The maximum absolute atomic E-state index is 14.1. The molecule has 8 nitrogen and oxygen atoms in total. The van der Waals surface area contributed by atoms with E-state index in [1.165, 1.54) is 0 Å². The Morgan fingerprint density at radius 3 is 2.23 bits per heavy atom. The largest absolute Gasteiger partial charge is 0.497 e. The quantitative estimate of drug-likeness (QED) is 0.196. The summed E-state index contributed by atoms with van der Waals surface area (Å²) in [5.41, 5.74) is 2.51. The average molecular weight is 572 g/mol. The van der Waals surface area contributed by atoms with Crippen molar-refractivity contribution in [3.63, 3.8) is 0 Å². The molecule has 3 amide bonds. The van der Waals surface area contributed by atoms with E-state index in [-0.39, 0.29) is 11.7 Å². The Balaban J connectivity index is 2.51. The number of hydrogen-bond acceptors (Lipinski definition) is 6. The number of carbonyl (C=O) groups excluding carboxylic acids is 3. The predicted octanol–water partition coefficient (Wildman–Crippen LogP) is 6.22. The van der Waals surface area contributed by atoms with E-state index in [1.807, 2.05) is 32.0 Å². The van der Waals surface area contributed by atoms with Gasteiger partial charge in [-0.25, -0.2) is 4.79 Å². The third-order valence-corrected chi connectivity index (χ3v) is 6.71. The predicted molar refractivity (Wildman–Crippen MR) is 163 cm³/mol. The van der Waals surface area contributed by atoms with Gasteiger partial charge in [-0.15, -0.1) is 0 Å². The summed E-state index contributed by atoms with van der Waals surface area (Å²) in [6, 6.07) is 10.9. The van der Waals surface area contributed by atoms with E-state index >= 15 is 0 Å². The Bertz CT molecular complexity index is 1130. The molecule has 40 heavy (non-hydrogen) atoms. The summed E-state index contributed by atoms with van der Waals surface area (Å²) in [6.07, 6.45) is 2.96. The summed E-state index contributed by atoms with van der Waals surface area (Å²) >= 11 is 4.37. The van der Waals surface area contributed by atoms with Gasteiger partial charge in [0.15, 0.2) is 0 Å². The van der Waals surface area contributed by atoms with Crippen LogP contribution < -0.4 is 15.4 Å². The molecule has 0 aliphatic heterocycles. The van der Waals surface area contributed by atoms with Crippen LogP contribution in [0.15, 0.2) is 42.5 Å². The maximum Gasteiger partial charge on any atom is 0.408 e. The van der Waals surface area contributed by atoms with Crippen LogP contribution in [-0.4, -0.2) is 53.9 Å². The molecule has 220 valence electrons. The summed E-state index contributed by atoms with van der Waals surface area (Å²) < 4.78 is 10.6. The smallest absolute Gasteiger partial charge is 0.408 e. The summed E-state index contributed by atoms with van der Waals surface area (Å²) in [7, 11) is 1.58. The van der Waals surface area contributed by atoms with Crippen molar-refractivity contribution in [3.05, 3.63) is 59.2 Å². The number of nitrogens with one attached hydrogen (secondary N) is 2. The molecule has 9 heteroatoms. The number of unbranched alkanes of at least 4 members (excludes halogenated alkanes) is 3. The first-order valence-corrected chi connectivity index (χ1v) is 14.5. The zero-order valence-corrected chi connectivity index (χ0v) is 25.8. The van der Waals surface area contributed by atoms with Gasteiger partial charge >= 0.3 is 6.09 Å². The molecule has 0 aliphatic carbocycles. The molecule has 0 saturated heterocycles. The van der Waals surface area contributed by atoms with Crippen molar-refractivity contribution in [1.29, 1.82) is 0 Å². The molecule has 2 N–H and O–H groups in total.